The van der Waals surface area contributed by atoms with Gasteiger partial charge in [0.25, 0.3) is 0 Å². The molecular weight excluding hydrogens is 188 g/mol. The van der Waals surface area contributed by atoms with Gasteiger partial charge >= 0.3 is 0 Å². The molecule has 88 valence electrons. The summed E-state index contributed by atoms with van der Waals surface area (Å²) in [4.78, 5) is 11.6. The van der Waals surface area contributed by atoms with Gasteiger partial charge in [-0.05, 0) is 18.3 Å². The van der Waals surface area contributed by atoms with E-state index in [1.54, 1.807) is 0 Å². The normalized spacial score (nSPS) is 24.5. The lowest BCUT2D eigenvalue weighted by Crippen LogP contribution is -2.45. The molecule has 0 aliphatic heterocycles. The maximum atomic E-state index is 11.6. The van der Waals surface area contributed by atoms with Crippen LogP contribution >= 0.6 is 0 Å². The summed E-state index contributed by atoms with van der Waals surface area (Å²) < 4.78 is 0. The van der Waals surface area contributed by atoms with Crippen LogP contribution in [-0.2, 0) is 4.79 Å². The molecule has 15 heavy (non-hydrogen) atoms. The van der Waals surface area contributed by atoms with Crippen LogP contribution in [0.1, 0.15) is 47.0 Å². The van der Waals surface area contributed by atoms with E-state index in [4.69, 9.17) is 0 Å². The summed E-state index contributed by atoms with van der Waals surface area (Å²) in [5.74, 6) is 0.128. The number of nitrogens with one attached hydrogen (secondary N) is 2. The van der Waals surface area contributed by atoms with Crippen LogP contribution < -0.4 is 10.6 Å². The molecule has 1 aliphatic carbocycles. The Morgan fingerprint density at radius 2 is 2.13 bits per heavy atom. The lowest BCUT2D eigenvalue weighted by Gasteiger charge is -2.28. The van der Waals surface area contributed by atoms with E-state index in [1.165, 1.54) is 12.8 Å². The van der Waals surface area contributed by atoms with E-state index in [0.29, 0.717) is 18.6 Å². The van der Waals surface area contributed by atoms with Gasteiger partial charge in [0, 0.05) is 12.1 Å². The van der Waals surface area contributed by atoms with Crippen molar-refractivity contribution in [3.63, 3.8) is 0 Å². The highest BCUT2D eigenvalue weighted by Crippen LogP contribution is 2.36. The molecule has 2 N–H and O–H groups in total. The van der Waals surface area contributed by atoms with Gasteiger partial charge in [-0.2, -0.15) is 0 Å². The molecule has 1 aliphatic rings. The van der Waals surface area contributed by atoms with Gasteiger partial charge in [-0.3, -0.25) is 4.79 Å². The zero-order chi connectivity index (χ0) is 11.5. The van der Waals surface area contributed by atoms with E-state index in [1.807, 2.05) is 13.8 Å². The minimum atomic E-state index is 0.128. The summed E-state index contributed by atoms with van der Waals surface area (Å²) in [6.45, 7) is 9.01. The van der Waals surface area contributed by atoms with Gasteiger partial charge < -0.3 is 10.6 Å². The average molecular weight is 212 g/mol. The van der Waals surface area contributed by atoms with Gasteiger partial charge in [0.05, 0.1) is 6.54 Å². The number of rotatable bonds is 4. The van der Waals surface area contributed by atoms with Crippen molar-refractivity contribution in [2.24, 2.45) is 5.41 Å². The monoisotopic (exact) mass is 212 g/mol. The lowest BCUT2D eigenvalue weighted by molar-refractivity contribution is -0.121. The van der Waals surface area contributed by atoms with E-state index >= 15 is 0 Å². The van der Waals surface area contributed by atoms with Crippen molar-refractivity contribution in [1.29, 1.82) is 0 Å². The molecule has 0 saturated heterocycles. The molecule has 0 aromatic heterocycles. The summed E-state index contributed by atoms with van der Waals surface area (Å²) in [7, 11) is 0. The number of carbonyl (C=O) groups is 1. The SMILES string of the molecule is CC(C)NCC(=O)NC1CCCC1(C)C. The van der Waals surface area contributed by atoms with E-state index in [9.17, 15) is 4.79 Å². The third kappa shape index (κ3) is 3.82. The molecule has 1 rings (SSSR count). The number of hydrogen-bond acceptors (Lipinski definition) is 2. The maximum absolute atomic E-state index is 11.6. The van der Waals surface area contributed by atoms with Crippen LogP contribution in [0.3, 0.4) is 0 Å². The molecule has 1 amide bonds. The zero-order valence-electron chi connectivity index (χ0n) is 10.4. The summed E-state index contributed by atoms with van der Waals surface area (Å²) in [5, 5.41) is 6.26. The van der Waals surface area contributed by atoms with Crippen LogP contribution in [0.2, 0.25) is 0 Å². The van der Waals surface area contributed by atoms with Gasteiger partial charge in [-0.1, -0.05) is 34.1 Å². The van der Waals surface area contributed by atoms with Gasteiger partial charge in [-0.25, -0.2) is 0 Å². The van der Waals surface area contributed by atoms with Crippen LogP contribution in [0.15, 0.2) is 0 Å². The highest BCUT2D eigenvalue weighted by molar-refractivity contribution is 5.78. The zero-order valence-corrected chi connectivity index (χ0v) is 10.4. The molecule has 3 nitrogen and oxygen atoms in total. The Morgan fingerprint density at radius 1 is 1.47 bits per heavy atom. The van der Waals surface area contributed by atoms with Crippen LogP contribution in [-0.4, -0.2) is 24.5 Å². The quantitative estimate of drug-likeness (QED) is 0.744. The highest BCUT2D eigenvalue weighted by atomic mass is 16.2. The molecule has 0 aromatic rings. The topological polar surface area (TPSA) is 41.1 Å². The number of carbonyl (C=O) groups excluding carboxylic acids is 1. The molecule has 0 radical (unpaired) electrons. The third-order valence-corrected chi connectivity index (χ3v) is 3.26. The molecule has 0 heterocycles. The van der Waals surface area contributed by atoms with Crippen molar-refractivity contribution in [3.8, 4) is 0 Å². The molecule has 1 unspecified atom stereocenters. The Bertz CT molecular complexity index is 224. The average Bonchev–Trinajstić information content (AvgIpc) is 2.43. The smallest absolute Gasteiger partial charge is 0.234 e. The number of hydrogen-bond donors (Lipinski definition) is 2. The molecular formula is C12H24N2O. The Kier molecular flexibility index (Phi) is 4.14. The van der Waals surface area contributed by atoms with E-state index in [0.717, 1.165) is 6.42 Å². The first kappa shape index (κ1) is 12.5. The van der Waals surface area contributed by atoms with Crippen molar-refractivity contribution < 1.29 is 4.79 Å². The van der Waals surface area contributed by atoms with Gasteiger partial charge in [0.15, 0.2) is 0 Å². The summed E-state index contributed by atoms with van der Waals surface area (Å²) in [6.07, 6.45) is 3.57. The predicted octanol–water partition coefficient (Wildman–Crippen LogP) is 1.68. The van der Waals surface area contributed by atoms with Crippen LogP contribution in [0.25, 0.3) is 0 Å². The summed E-state index contributed by atoms with van der Waals surface area (Å²) >= 11 is 0. The Hall–Kier alpha value is -0.570. The molecule has 0 aromatic carbocycles. The first-order valence-electron chi connectivity index (χ1n) is 5.94. The van der Waals surface area contributed by atoms with Crippen molar-refractivity contribution in [2.45, 2.75) is 59.0 Å². The second kappa shape index (κ2) is 4.97. The van der Waals surface area contributed by atoms with E-state index in [2.05, 4.69) is 24.5 Å². The van der Waals surface area contributed by atoms with E-state index < -0.39 is 0 Å². The summed E-state index contributed by atoms with van der Waals surface area (Å²) in [6, 6.07) is 0.728. The highest BCUT2D eigenvalue weighted by Gasteiger charge is 2.35. The second-order valence-corrected chi connectivity index (χ2v) is 5.54. The fourth-order valence-electron chi connectivity index (χ4n) is 2.14. The minimum absolute atomic E-state index is 0.128. The van der Waals surface area contributed by atoms with Crippen LogP contribution in [0, 0.1) is 5.41 Å². The standard InChI is InChI=1S/C12H24N2O/c1-9(2)13-8-11(15)14-10-6-5-7-12(10,3)4/h9-10,13H,5-8H2,1-4H3,(H,14,15). The molecule has 1 atom stereocenters. The maximum Gasteiger partial charge on any atom is 0.234 e. The fourth-order valence-corrected chi connectivity index (χ4v) is 2.14. The lowest BCUT2D eigenvalue weighted by atomic mass is 9.87. The summed E-state index contributed by atoms with van der Waals surface area (Å²) in [5.41, 5.74) is 0.271. The molecule has 3 heteroatoms. The first-order valence-corrected chi connectivity index (χ1v) is 5.94. The molecule has 1 saturated carbocycles. The van der Waals surface area contributed by atoms with Gasteiger partial charge in [0.1, 0.15) is 0 Å². The fraction of sp³-hybridized carbons (Fsp3) is 0.917. The Balaban J connectivity index is 2.32. The predicted molar refractivity (Wildman–Crippen MR) is 62.7 cm³/mol. The van der Waals surface area contributed by atoms with E-state index in [-0.39, 0.29) is 11.3 Å². The Labute approximate surface area is 93.0 Å². The first-order chi connectivity index (χ1) is 6.92. The largest absolute Gasteiger partial charge is 0.352 e. The van der Waals surface area contributed by atoms with Crippen molar-refractivity contribution >= 4 is 5.91 Å². The Morgan fingerprint density at radius 3 is 2.60 bits per heavy atom. The molecule has 0 bridgehead atoms. The van der Waals surface area contributed by atoms with Crippen molar-refractivity contribution in [3.05, 3.63) is 0 Å². The van der Waals surface area contributed by atoms with Gasteiger partial charge in [0.2, 0.25) is 5.91 Å². The van der Waals surface area contributed by atoms with Crippen molar-refractivity contribution in [2.75, 3.05) is 6.54 Å². The van der Waals surface area contributed by atoms with Gasteiger partial charge in [-0.15, -0.1) is 0 Å². The van der Waals surface area contributed by atoms with Crippen LogP contribution in [0.5, 0.6) is 0 Å². The third-order valence-electron chi connectivity index (χ3n) is 3.26. The minimum Gasteiger partial charge on any atom is -0.352 e. The molecule has 1 fully saturated rings. The second-order valence-electron chi connectivity index (χ2n) is 5.54. The molecule has 0 spiro atoms. The van der Waals surface area contributed by atoms with Crippen molar-refractivity contribution in [1.82, 2.24) is 10.6 Å². The number of amides is 1. The van der Waals surface area contributed by atoms with Crippen LogP contribution in [0.4, 0.5) is 0 Å².